The Labute approximate surface area is 244 Å². The zero-order valence-corrected chi connectivity index (χ0v) is 23.1. The summed E-state index contributed by atoms with van der Waals surface area (Å²) in [6, 6.07) is 23.2. The highest BCUT2D eigenvalue weighted by Gasteiger charge is 2.16. The number of nitriles is 1. The highest BCUT2D eigenvalue weighted by Crippen LogP contribution is 2.34. The van der Waals surface area contributed by atoms with Crippen LogP contribution in [0.25, 0.3) is 16.9 Å². The summed E-state index contributed by atoms with van der Waals surface area (Å²) in [7, 11) is 1.47. The van der Waals surface area contributed by atoms with Gasteiger partial charge in [0, 0.05) is 5.56 Å². The van der Waals surface area contributed by atoms with Crippen LogP contribution >= 0.6 is 11.6 Å². The monoisotopic (exact) mass is 579 g/mol. The molecule has 0 atom stereocenters. The zero-order valence-electron chi connectivity index (χ0n) is 22.3. The molecule has 0 aliphatic carbocycles. The molecule has 3 aromatic carbocycles. The van der Waals surface area contributed by atoms with E-state index in [1.807, 2.05) is 31.2 Å². The molecule has 0 radical (unpaired) electrons. The number of hydrogen-bond donors (Lipinski definition) is 2. The summed E-state index contributed by atoms with van der Waals surface area (Å²) in [6.07, 6.45) is 2.84. The molecule has 0 aliphatic heterocycles. The maximum absolute atomic E-state index is 12.9. The number of methoxy groups -OCH3 is 1. The van der Waals surface area contributed by atoms with Gasteiger partial charge in [-0.3, -0.25) is 4.79 Å². The molecule has 0 saturated heterocycles. The van der Waals surface area contributed by atoms with Crippen molar-refractivity contribution < 1.29 is 14.6 Å². The molecule has 12 heteroatoms. The number of benzene rings is 3. The summed E-state index contributed by atoms with van der Waals surface area (Å²) < 4.78 is 12.5. The quantitative estimate of drug-likeness (QED) is 0.180. The van der Waals surface area contributed by atoms with Crippen molar-refractivity contribution in [3.63, 3.8) is 0 Å². The van der Waals surface area contributed by atoms with Crippen LogP contribution in [0.2, 0.25) is 5.02 Å². The van der Waals surface area contributed by atoms with Gasteiger partial charge in [0.15, 0.2) is 22.3 Å². The average molecular weight is 580 g/mol. The van der Waals surface area contributed by atoms with E-state index >= 15 is 0 Å². The van der Waals surface area contributed by atoms with E-state index in [9.17, 15) is 15.2 Å². The number of aryl methyl sites for hydroxylation is 1. The number of nitrogens with zero attached hydrogens (tertiary/aromatic N) is 6. The molecule has 11 nitrogen and oxygen atoms in total. The molecule has 0 saturated carbocycles. The second-order valence-corrected chi connectivity index (χ2v) is 9.21. The minimum atomic E-state index is -0.529. The van der Waals surface area contributed by atoms with Crippen molar-refractivity contribution in [1.82, 2.24) is 19.7 Å². The molecule has 2 heterocycles. The van der Waals surface area contributed by atoms with Gasteiger partial charge in [-0.25, -0.2) is 10.4 Å². The molecule has 2 aromatic heterocycles. The Morgan fingerprint density at radius 2 is 1.81 bits per heavy atom. The standard InChI is InChI=1S/C30H22ClN7O4/c1-18-8-11-21(12-9-18)38-29(40)26(31)25(17-34-38)42-23-13-10-19(14-24(23)41-2)16-33-37-30-35-27(20-6-4-3-5-7-20)22(15-32)28(39)36-30/h3-14,16-17H,1-2H3,(H2,35,36,37,39). The number of rotatable bonds is 8. The van der Waals surface area contributed by atoms with Crippen molar-refractivity contribution in [2.24, 2.45) is 5.10 Å². The summed E-state index contributed by atoms with van der Waals surface area (Å²) in [5.41, 5.74) is 5.25. The lowest BCUT2D eigenvalue weighted by atomic mass is 10.1. The van der Waals surface area contributed by atoms with E-state index < -0.39 is 11.4 Å². The molecule has 0 fully saturated rings. The van der Waals surface area contributed by atoms with Crippen LogP contribution in [0.1, 0.15) is 16.7 Å². The van der Waals surface area contributed by atoms with Gasteiger partial charge in [-0.15, -0.1) is 0 Å². The first-order valence-corrected chi connectivity index (χ1v) is 12.8. The second-order valence-electron chi connectivity index (χ2n) is 8.83. The first-order chi connectivity index (χ1) is 20.4. The van der Waals surface area contributed by atoms with Crippen molar-refractivity contribution in [2.45, 2.75) is 6.92 Å². The highest BCUT2D eigenvalue weighted by molar-refractivity contribution is 6.31. The smallest absolute Gasteiger partial charge is 0.294 e. The number of aromatic nitrogens is 4. The van der Waals surface area contributed by atoms with Gasteiger partial charge in [0.1, 0.15) is 11.6 Å². The molecule has 0 bridgehead atoms. The van der Waals surface area contributed by atoms with Crippen molar-refractivity contribution in [3.8, 4) is 46.1 Å². The molecule has 5 rings (SSSR count). The first kappa shape index (κ1) is 27.8. The maximum atomic E-state index is 12.9. The normalized spacial score (nSPS) is 10.8. The fourth-order valence-electron chi connectivity index (χ4n) is 3.90. The molecule has 0 spiro atoms. The lowest BCUT2D eigenvalue weighted by Crippen LogP contribution is -2.21. The van der Waals surface area contributed by atoms with Crippen LogP contribution in [0.15, 0.2) is 88.9 Å². The number of anilines is 1. The van der Waals surface area contributed by atoms with Crippen molar-refractivity contribution in [3.05, 3.63) is 111 Å². The number of ether oxygens (including phenoxy) is 2. The molecular formula is C30H22ClN7O4. The Balaban J connectivity index is 1.34. The summed E-state index contributed by atoms with van der Waals surface area (Å²) in [5.74, 6) is 0.240. The Hall–Kier alpha value is -5.73. The largest absolute Gasteiger partial charge is 0.493 e. The Bertz CT molecular complexity index is 1890. The van der Waals surface area contributed by atoms with Crippen LogP contribution in [0.4, 0.5) is 5.95 Å². The number of aromatic hydroxyl groups is 1. The molecule has 42 heavy (non-hydrogen) atoms. The van der Waals surface area contributed by atoms with Crippen LogP contribution < -0.4 is 20.5 Å². The van der Waals surface area contributed by atoms with Gasteiger partial charge >= 0.3 is 0 Å². The third-order valence-electron chi connectivity index (χ3n) is 6.00. The maximum Gasteiger partial charge on any atom is 0.294 e. The topological polar surface area (TPSA) is 148 Å². The first-order valence-electron chi connectivity index (χ1n) is 12.4. The number of hydrazone groups is 1. The van der Waals surface area contributed by atoms with E-state index in [0.29, 0.717) is 28.3 Å². The van der Waals surface area contributed by atoms with Crippen LogP contribution in [0, 0.1) is 18.3 Å². The van der Waals surface area contributed by atoms with Gasteiger partial charge in [0.05, 0.1) is 30.9 Å². The van der Waals surface area contributed by atoms with Gasteiger partial charge in [-0.05, 0) is 42.8 Å². The van der Waals surface area contributed by atoms with E-state index in [1.54, 1.807) is 54.6 Å². The highest BCUT2D eigenvalue weighted by atomic mass is 35.5. The predicted octanol–water partition coefficient (Wildman–Crippen LogP) is 5.48. The lowest BCUT2D eigenvalue weighted by Gasteiger charge is -2.13. The Morgan fingerprint density at radius 1 is 1.05 bits per heavy atom. The lowest BCUT2D eigenvalue weighted by molar-refractivity contribution is 0.377. The predicted molar refractivity (Wildman–Crippen MR) is 158 cm³/mol. The SMILES string of the molecule is COc1cc(C=NNc2nc(O)c(C#N)c(-c3ccccc3)n2)ccc1Oc1cnn(-c2ccc(C)cc2)c(=O)c1Cl. The van der Waals surface area contributed by atoms with Crippen LogP contribution in [-0.4, -0.2) is 38.2 Å². The van der Waals surface area contributed by atoms with Gasteiger partial charge in [-0.1, -0.05) is 59.6 Å². The number of halogens is 1. The molecule has 0 aliphatic rings. The fourth-order valence-corrected chi connectivity index (χ4v) is 4.06. The van der Waals surface area contributed by atoms with E-state index in [0.717, 1.165) is 5.56 Å². The summed E-state index contributed by atoms with van der Waals surface area (Å²) in [4.78, 5) is 21.1. The van der Waals surface area contributed by atoms with E-state index in [1.165, 1.54) is 24.2 Å². The van der Waals surface area contributed by atoms with Crippen LogP contribution in [0.5, 0.6) is 23.1 Å². The van der Waals surface area contributed by atoms with Gasteiger partial charge in [0.2, 0.25) is 11.8 Å². The number of nitrogens with one attached hydrogen (secondary N) is 1. The second kappa shape index (κ2) is 12.2. The molecule has 0 unspecified atom stereocenters. The molecule has 5 aromatic rings. The van der Waals surface area contributed by atoms with E-state index in [-0.39, 0.29) is 28.0 Å². The van der Waals surface area contributed by atoms with E-state index in [4.69, 9.17) is 21.1 Å². The summed E-state index contributed by atoms with van der Waals surface area (Å²) in [5, 5.41) is 27.9. The van der Waals surface area contributed by atoms with E-state index in [2.05, 4.69) is 25.6 Å². The third-order valence-corrected chi connectivity index (χ3v) is 6.35. The molecule has 208 valence electrons. The Morgan fingerprint density at radius 3 is 2.52 bits per heavy atom. The fraction of sp³-hybridized carbons (Fsp3) is 0.0667. The minimum Gasteiger partial charge on any atom is -0.493 e. The van der Waals surface area contributed by atoms with Gasteiger partial charge in [-0.2, -0.15) is 25.1 Å². The number of hydrogen-bond acceptors (Lipinski definition) is 10. The minimum absolute atomic E-state index is 0.00367. The molecule has 0 amide bonds. The van der Waals surface area contributed by atoms with Gasteiger partial charge in [0.25, 0.3) is 5.56 Å². The van der Waals surface area contributed by atoms with Crippen molar-refractivity contribution in [2.75, 3.05) is 12.5 Å². The zero-order chi connectivity index (χ0) is 29.6. The van der Waals surface area contributed by atoms with Crippen molar-refractivity contribution in [1.29, 1.82) is 5.26 Å². The van der Waals surface area contributed by atoms with Crippen LogP contribution in [-0.2, 0) is 0 Å². The summed E-state index contributed by atoms with van der Waals surface area (Å²) >= 11 is 6.35. The Kier molecular flexibility index (Phi) is 8.08. The van der Waals surface area contributed by atoms with Crippen LogP contribution in [0.3, 0.4) is 0 Å². The third kappa shape index (κ3) is 5.89. The average Bonchev–Trinajstić information content (AvgIpc) is 3.01. The summed E-state index contributed by atoms with van der Waals surface area (Å²) in [6.45, 7) is 1.95. The molecule has 2 N–H and O–H groups in total. The van der Waals surface area contributed by atoms with Crippen molar-refractivity contribution >= 4 is 23.8 Å². The van der Waals surface area contributed by atoms with Gasteiger partial charge < -0.3 is 14.6 Å². The molecular weight excluding hydrogens is 558 g/mol.